The molecule has 2 saturated heterocycles. The van der Waals surface area contributed by atoms with Gasteiger partial charge in [0.15, 0.2) is 11.6 Å². The van der Waals surface area contributed by atoms with Gasteiger partial charge in [0.25, 0.3) is 5.91 Å². The smallest absolute Gasteiger partial charge is 0.257 e. The Morgan fingerprint density at radius 2 is 1.81 bits per heavy atom. The Morgan fingerprint density at radius 1 is 1.15 bits per heavy atom. The highest BCUT2D eigenvalue weighted by Gasteiger charge is 2.44. The molecule has 2 aliphatic heterocycles. The van der Waals surface area contributed by atoms with Crippen LogP contribution in [0.5, 0.6) is 0 Å². The monoisotopic (exact) mass is 383 g/mol. The van der Waals surface area contributed by atoms with Crippen LogP contribution in [-0.4, -0.2) is 59.2 Å². The lowest BCUT2D eigenvalue weighted by Gasteiger charge is -2.45. The van der Waals surface area contributed by atoms with Crippen LogP contribution in [0, 0.1) is 23.4 Å². The standard InChI is InChI=1S/C18H20F3N3O3/c1-9(2)5-14-18(27)24-4-3-23(8-15(24)16(25)22-14)17(26)10-6-12(20)13(21)7-11(10)19/h6-7,9,14-15H,3-5,8H2,1-2H3,(H,22,25)/t14-,15+/m0/s1. The molecule has 27 heavy (non-hydrogen) atoms. The summed E-state index contributed by atoms with van der Waals surface area (Å²) in [6.45, 7) is 3.93. The summed E-state index contributed by atoms with van der Waals surface area (Å²) in [4.78, 5) is 40.1. The number of carbonyl (C=O) groups is 3. The van der Waals surface area contributed by atoms with Crippen LogP contribution in [0.15, 0.2) is 12.1 Å². The maximum atomic E-state index is 13.9. The van der Waals surface area contributed by atoms with Gasteiger partial charge in [-0.2, -0.15) is 0 Å². The molecule has 0 aliphatic carbocycles. The number of piperazine rings is 2. The summed E-state index contributed by atoms with van der Waals surface area (Å²) >= 11 is 0. The number of amides is 3. The summed E-state index contributed by atoms with van der Waals surface area (Å²) in [5, 5.41) is 2.67. The first-order chi connectivity index (χ1) is 12.7. The van der Waals surface area contributed by atoms with Crippen LogP contribution in [0.4, 0.5) is 13.2 Å². The Labute approximate surface area is 154 Å². The molecule has 2 atom stereocenters. The fourth-order valence-electron chi connectivity index (χ4n) is 3.47. The number of nitrogens with one attached hydrogen (secondary N) is 1. The SMILES string of the molecule is CC(C)C[C@@H]1NC(=O)[C@H]2CN(C(=O)c3cc(F)c(F)cc3F)CCN2C1=O. The molecular formula is C18H20F3N3O3. The second-order valence-electron chi connectivity index (χ2n) is 7.24. The van der Waals surface area contributed by atoms with Gasteiger partial charge in [-0.15, -0.1) is 0 Å². The van der Waals surface area contributed by atoms with Crippen molar-refractivity contribution in [3.63, 3.8) is 0 Å². The van der Waals surface area contributed by atoms with Gasteiger partial charge in [0.2, 0.25) is 11.8 Å². The summed E-state index contributed by atoms with van der Waals surface area (Å²) in [6, 6.07) is -0.664. The van der Waals surface area contributed by atoms with Gasteiger partial charge in [0, 0.05) is 19.2 Å². The fraction of sp³-hybridized carbons (Fsp3) is 0.500. The van der Waals surface area contributed by atoms with E-state index in [0.29, 0.717) is 18.6 Å². The molecule has 1 N–H and O–H groups in total. The van der Waals surface area contributed by atoms with Crippen LogP contribution in [-0.2, 0) is 9.59 Å². The van der Waals surface area contributed by atoms with Crippen molar-refractivity contribution in [2.75, 3.05) is 19.6 Å². The minimum Gasteiger partial charge on any atom is -0.342 e. The second-order valence-corrected chi connectivity index (χ2v) is 7.24. The van der Waals surface area contributed by atoms with Crippen LogP contribution in [0.1, 0.15) is 30.6 Å². The Kier molecular flexibility index (Phi) is 5.12. The molecule has 2 heterocycles. The molecule has 0 spiro atoms. The molecular weight excluding hydrogens is 363 g/mol. The van der Waals surface area contributed by atoms with E-state index in [0.717, 1.165) is 0 Å². The molecule has 9 heteroatoms. The number of fused-ring (bicyclic) bond motifs is 1. The van der Waals surface area contributed by atoms with Crippen LogP contribution in [0.2, 0.25) is 0 Å². The van der Waals surface area contributed by atoms with Gasteiger partial charge >= 0.3 is 0 Å². The zero-order valence-corrected chi connectivity index (χ0v) is 15.0. The highest BCUT2D eigenvalue weighted by atomic mass is 19.2. The summed E-state index contributed by atoms with van der Waals surface area (Å²) in [5.41, 5.74) is -0.609. The van der Waals surface area contributed by atoms with E-state index in [9.17, 15) is 27.6 Å². The molecule has 0 unspecified atom stereocenters. The van der Waals surface area contributed by atoms with Gasteiger partial charge in [0.1, 0.15) is 17.9 Å². The van der Waals surface area contributed by atoms with Crippen molar-refractivity contribution < 1.29 is 27.6 Å². The minimum atomic E-state index is -1.39. The number of hydrogen-bond acceptors (Lipinski definition) is 3. The third-order valence-corrected chi connectivity index (χ3v) is 4.82. The molecule has 0 aromatic heterocycles. The Hall–Kier alpha value is -2.58. The molecule has 6 nitrogen and oxygen atoms in total. The minimum absolute atomic E-state index is 0.0706. The predicted octanol–water partition coefficient (Wildman–Crippen LogP) is 1.30. The van der Waals surface area contributed by atoms with Crippen LogP contribution in [0.3, 0.4) is 0 Å². The van der Waals surface area contributed by atoms with Crippen molar-refractivity contribution in [2.45, 2.75) is 32.4 Å². The number of benzene rings is 1. The Morgan fingerprint density at radius 3 is 2.48 bits per heavy atom. The largest absolute Gasteiger partial charge is 0.342 e. The third kappa shape index (κ3) is 3.63. The van der Waals surface area contributed by atoms with Gasteiger partial charge in [-0.05, 0) is 18.4 Å². The first-order valence-corrected chi connectivity index (χ1v) is 8.73. The van der Waals surface area contributed by atoms with E-state index in [1.165, 1.54) is 9.80 Å². The van der Waals surface area contributed by atoms with Crippen molar-refractivity contribution in [2.24, 2.45) is 5.92 Å². The second kappa shape index (κ2) is 7.21. The first-order valence-electron chi connectivity index (χ1n) is 8.73. The molecule has 2 aliphatic rings. The highest BCUT2D eigenvalue weighted by Crippen LogP contribution is 2.22. The van der Waals surface area contributed by atoms with Crippen molar-refractivity contribution in [1.82, 2.24) is 15.1 Å². The zero-order chi connectivity index (χ0) is 19.9. The number of carbonyl (C=O) groups excluding carboxylic acids is 3. The molecule has 146 valence electrons. The predicted molar refractivity (Wildman–Crippen MR) is 89.1 cm³/mol. The quantitative estimate of drug-likeness (QED) is 0.800. The summed E-state index contributed by atoms with van der Waals surface area (Å²) in [7, 11) is 0. The average Bonchev–Trinajstić information content (AvgIpc) is 2.61. The lowest BCUT2D eigenvalue weighted by Crippen LogP contribution is -2.69. The van der Waals surface area contributed by atoms with E-state index in [-0.39, 0.29) is 37.4 Å². The van der Waals surface area contributed by atoms with Gasteiger partial charge in [-0.25, -0.2) is 13.2 Å². The molecule has 1 aromatic carbocycles. The molecule has 3 amide bonds. The van der Waals surface area contributed by atoms with Crippen molar-refractivity contribution >= 4 is 17.7 Å². The van der Waals surface area contributed by atoms with E-state index in [1.54, 1.807) is 0 Å². The number of halogens is 3. The molecule has 0 radical (unpaired) electrons. The molecule has 2 fully saturated rings. The van der Waals surface area contributed by atoms with Crippen LogP contribution in [0.25, 0.3) is 0 Å². The van der Waals surface area contributed by atoms with Gasteiger partial charge in [-0.3, -0.25) is 14.4 Å². The normalized spacial score (nSPS) is 22.7. The zero-order valence-electron chi connectivity index (χ0n) is 15.0. The fourth-order valence-corrected chi connectivity index (χ4v) is 3.47. The van der Waals surface area contributed by atoms with Gasteiger partial charge < -0.3 is 15.1 Å². The molecule has 0 bridgehead atoms. The molecule has 1 aromatic rings. The van der Waals surface area contributed by atoms with Crippen molar-refractivity contribution in [3.05, 3.63) is 35.1 Å². The highest BCUT2D eigenvalue weighted by molar-refractivity contribution is 5.99. The maximum absolute atomic E-state index is 13.9. The summed E-state index contributed by atoms with van der Waals surface area (Å²) in [5.74, 6) is -5.13. The lowest BCUT2D eigenvalue weighted by molar-refractivity contribution is -0.152. The van der Waals surface area contributed by atoms with E-state index in [4.69, 9.17) is 0 Å². The maximum Gasteiger partial charge on any atom is 0.257 e. The Bertz CT molecular complexity index is 800. The van der Waals surface area contributed by atoms with E-state index in [1.807, 2.05) is 13.8 Å². The summed E-state index contributed by atoms with van der Waals surface area (Å²) in [6.07, 6.45) is 0.510. The average molecular weight is 383 g/mol. The molecule has 0 saturated carbocycles. The van der Waals surface area contributed by atoms with E-state index in [2.05, 4.69) is 5.32 Å². The first kappa shape index (κ1) is 19.2. The van der Waals surface area contributed by atoms with Crippen molar-refractivity contribution in [1.29, 1.82) is 0 Å². The number of nitrogens with zero attached hydrogens (tertiary/aromatic N) is 2. The molecule has 3 rings (SSSR count). The topological polar surface area (TPSA) is 69.7 Å². The lowest BCUT2D eigenvalue weighted by atomic mass is 9.97. The number of rotatable bonds is 3. The van der Waals surface area contributed by atoms with Gasteiger partial charge in [-0.1, -0.05) is 13.8 Å². The Balaban J connectivity index is 1.77. The third-order valence-electron chi connectivity index (χ3n) is 4.82. The van der Waals surface area contributed by atoms with E-state index < -0.39 is 41.0 Å². The van der Waals surface area contributed by atoms with Crippen LogP contribution >= 0.6 is 0 Å². The van der Waals surface area contributed by atoms with E-state index >= 15 is 0 Å². The summed E-state index contributed by atoms with van der Waals surface area (Å²) < 4.78 is 40.3. The van der Waals surface area contributed by atoms with Crippen LogP contribution < -0.4 is 5.32 Å². The van der Waals surface area contributed by atoms with Crippen molar-refractivity contribution in [3.8, 4) is 0 Å². The van der Waals surface area contributed by atoms with Gasteiger partial charge in [0.05, 0.1) is 12.1 Å². The number of hydrogen-bond donors (Lipinski definition) is 1.